The van der Waals surface area contributed by atoms with Crippen molar-refractivity contribution in [1.29, 1.82) is 0 Å². The van der Waals surface area contributed by atoms with Gasteiger partial charge >= 0.3 is 6.03 Å². The van der Waals surface area contributed by atoms with Crippen LogP contribution in [0.2, 0.25) is 0 Å². The van der Waals surface area contributed by atoms with E-state index in [-0.39, 0.29) is 11.8 Å². The highest BCUT2D eigenvalue weighted by atomic mass is 19.1. The number of halogens is 1. The molecule has 6 heteroatoms. The quantitative estimate of drug-likeness (QED) is 0.371. The van der Waals surface area contributed by atoms with Crippen molar-refractivity contribution in [2.24, 2.45) is 0 Å². The van der Waals surface area contributed by atoms with E-state index in [1.54, 1.807) is 18.2 Å². The third-order valence-corrected chi connectivity index (χ3v) is 5.10. The predicted octanol–water partition coefficient (Wildman–Crippen LogP) is 6.70. The zero-order valence-corrected chi connectivity index (χ0v) is 18.2. The second-order valence-corrected chi connectivity index (χ2v) is 7.57. The van der Waals surface area contributed by atoms with Crippen LogP contribution >= 0.6 is 0 Å². The Balaban J connectivity index is 1.62. The van der Waals surface area contributed by atoms with E-state index in [9.17, 15) is 9.18 Å². The SMILES string of the molecule is CCOc1cc(-c2ccc(F)cc2)nc2ccc(NC(=O)Nc3ccc(C)cc3C)cc12. The van der Waals surface area contributed by atoms with Crippen LogP contribution in [0, 0.1) is 19.7 Å². The molecular formula is C26H24FN3O2. The molecule has 4 rings (SSSR count). The largest absolute Gasteiger partial charge is 0.493 e. The fourth-order valence-electron chi connectivity index (χ4n) is 3.55. The summed E-state index contributed by atoms with van der Waals surface area (Å²) < 4.78 is 19.1. The van der Waals surface area contributed by atoms with E-state index in [4.69, 9.17) is 9.72 Å². The van der Waals surface area contributed by atoms with Crippen molar-refractivity contribution < 1.29 is 13.9 Å². The summed E-state index contributed by atoms with van der Waals surface area (Å²) in [7, 11) is 0. The average Bonchev–Trinajstić information content (AvgIpc) is 2.76. The molecular weight excluding hydrogens is 405 g/mol. The molecule has 3 aromatic carbocycles. The van der Waals surface area contributed by atoms with E-state index in [0.717, 1.165) is 33.3 Å². The molecule has 2 N–H and O–H groups in total. The van der Waals surface area contributed by atoms with Crippen molar-refractivity contribution in [1.82, 2.24) is 4.98 Å². The zero-order valence-electron chi connectivity index (χ0n) is 18.2. The van der Waals surface area contributed by atoms with Crippen molar-refractivity contribution in [3.05, 3.63) is 83.7 Å². The van der Waals surface area contributed by atoms with Gasteiger partial charge in [-0.2, -0.15) is 0 Å². The minimum Gasteiger partial charge on any atom is -0.493 e. The Hall–Kier alpha value is -3.93. The molecule has 4 aromatic rings. The molecule has 0 atom stereocenters. The molecule has 32 heavy (non-hydrogen) atoms. The fourth-order valence-corrected chi connectivity index (χ4v) is 3.55. The maximum Gasteiger partial charge on any atom is 0.323 e. The number of benzene rings is 3. The van der Waals surface area contributed by atoms with Crippen molar-refractivity contribution in [2.45, 2.75) is 20.8 Å². The van der Waals surface area contributed by atoms with Gasteiger partial charge in [0.1, 0.15) is 11.6 Å². The summed E-state index contributed by atoms with van der Waals surface area (Å²) in [6.07, 6.45) is 0. The first-order valence-electron chi connectivity index (χ1n) is 10.4. The molecule has 0 aliphatic heterocycles. The number of nitrogens with one attached hydrogen (secondary N) is 2. The Morgan fingerprint density at radius 1 is 0.969 bits per heavy atom. The van der Waals surface area contributed by atoms with Gasteiger partial charge in [-0.1, -0.05) is 17.7 Å². The van der Waals surface area contributed by atoms with E-state index < -0.39 is 0 Å². The summed E-state index contributed by atoms with van der Waals surface area (Å²) >= 11 is 0. The van der Waals surface area contributed by atoms with Crippen molar-refractivity contribution in [3.8, 4) is 17.0 Å². The van der Waals surface area contributed by atoms with Gasteiger partial charge < -0.3 is 15.4 Å². The van der Waals surface area contributed by atoms with Crippen LogP contribution in [0.3, 0.4) is 0 Å². The van der Waals surface area contributed by atoms with Crippen LogP contribution in [0.1, 0.15) is 18.1 Å². The van der Waals surface area contributed by atoms with Gasteiger partial charge in [0.25, 0.3) is 0 Å². The Kier molecular flexibility index (Phi) is 6.03. The van der Waals surface area contributed by atoms with Crippen molar-refractivity contribution in [2.75, 3.05) is 17.2 Å². The number of carbonyl (C=O) groups excluding carboxylic acids is 1. The minimum atomic E-state index is -0.329. The monoisotopic (exact) mass is 429 g/mol. The number of ether oxygens (including phenoxy) is 1. The number of carbonyl (C=O) groups is 1. The number of rotatable bonds is 5. The number of fused-ring (bicyclic) bond motifs is 1. The number of hydrogen-bond acceptors (Lipinski definition) is 3. The molecule has 0 radical (unpaired) electrons. The highest BCUT2D eigenvalue weighted by Crippen LogP contribution is 2.32. The third kappa shape index (κ3) is 4.70. The lowest BCUT2D eigenvalue weighted by Crippen LogP contribution is -2.20. The number of pyridine rings is 1. The minimum absolute atomic E-state index is 0.297. The number of aryl methyl sites for hydroxylation is 2. The second-order valence-electron chi connectivity index (χ2n) is 7.57. The summed E-state index contributed by atoms with van der Waals surface area (Å²) in [4.78, 5) is 17.2. The van der Waals surface area contributed by atoms with Crippen LogP contribution in [0.25, 0.3) is 22.2 Å². The normalized spacial score (nSPS) is 10.8. The Labute approximate surface area is 186 Å². The van der Waals surface area contributed by atoms with E-state index in [1.165, 1.54) is 12.1 Å². The van der Waals surface area contributed by atoms with Gasteiger partial charge in [0, 0.05) is 28.4 Å². The summed E-state index contributed by atoms with van der Waals surface area (Å²) in [6.45, 7) is 6.35. The van der Waals surface area contributed by atoms with Gasteiger partial charge in [0.05, 0.1) is 17.8 Å². The molecule has 0 saturated carbocycles. The molecule has 0 fully saturated rings. The smallest absolute Gasteiger partial charge is 0.323 e. The molecule has 162 valence electrons. The lowest BCUT2D eigenvalue weighted by Gasteiger charge is -2.13. The zero-order chi connectivity index (χ0) is 22.7. The molecule has 0 aliphatic rings. The predicted molar refractivity (Wildman–Crippen MR) is 127 cm³/mol. The topological polar surface area (TPSA) is 63.2 Å². The summed E-state index contributed by atoms with van der Waals surface area (Å²) in [5.41, 5.74) is 5.72. The Morgan fingerprint density at radius 3 is 2.47 bits per heavy atom. The number of aromatic nitrogens is 1. The molecule has 2 amide bonds. The van der Waals surface area contributed by atoms with Gasteiger partial charge in [-0.25, -0.2) is 14.2 Å². The lowest BCUT2D eigenvalue weighted by molar-refractivity contribution is 0.262. The summed E-state index contributed by atoms with van der Waals surface area (Å²) in [5, 5.41) is 6.53. The standard InChI is InChI=1S/C26H24FN3O2/c1-4-32-25-15-24(18-6-8-19(27)9-7-18)29-23-12-10-20(14-21(23)25)28-26(31)30-22-11-5-16(2)13-17(22)3/h5-15H,4H2,1-3H3,(H2,28,30,31). The van der Waals surface area contributed by atoms with Crippen LogP contribution in [0.15, 0.2) is 66.7 Å². The van der Waals surface area contributed by atoms with Gasteiger partial charge in [-0.3, -0.25) is 0 Å². The van der Waals surface area contributed by atoms with E-state index in [2.05, 4.69) is 10.6 Å². The van der Waals surface area contributed by atoms with Crippen LogP contribution in [-0.2, 0) is 0 Å². The average molecular weight is 429 g/mol. The first-order valence-corrected chi connectivity index (χ1v) is 10.4. The molecule has 0 spiro atoms. The van der Waals surface area contributed by atoms with Crippen LogP contribution in [0.5, 0.6) is 5.75 Å². The maximum absolute atomic E-state index is 13.3. The van der Waals surface area contributed by atoms with E-state index >= 15 is 0 Å². The second kappa shape index (κ2) is 9.06. The lowest BCUT2D eigenvalue weighted by atomic mass is 10.1. The van der Waals surface area contributed by atoms with Crippen molar-refractivity contribution >= 4 is 28.3 Å². The fraction of sp³-hybridized carbons (Fsp3) is 0.154. The Morgan fingerprint density at radius 2 is 1.75 bits per heavy atom. The van der Waals surface area contributed by atoms with E-state index in [0.29, 0.717) is 23.7 Å². The highest BCUT2D eigenvalue weighted by Gasteiger charge is 2.11. The number of urea groups is 1. The van der Waals surface area contributed by atoms with E-state index in [1.807, 2.05) is 57.2 Å². The Bertz CT molecular complexity index is 1290. The van der Waals surface area contributed by atoms with Gasteiger partial charge in [0.15, 0.2) is 0 Å². The molecule has 0 saturated heterocycles. The first kappa shape index (κ1) is 21.3. The van der Waals surface area contributed by atoms with Crippen LogP contribution in [-0.4, -0.2) is 17.6 Å². The molecule has 0 bridgehead atoms. The van der Waals surface area contributed by atoms with Crippen molar-refractivity contribution in [3.63, 3.8) is 0 Å². The maximum atomic E-state index is 13.3. The molecule has 0 aliphatic carbocycles. The highest BCUT2D eigenvalue weighted by molar-refractivity contribution is 6.02. The molecule has 1 heterocycles. The van der Waals surface area contributed by atoms with Crippen LogP contribution in [0.4, 0.5) is 20.6 Å². The summed E-state index contributed by atoms with van der Waals surface area (Å²) in [5.74, 6) is 0.352. The van der Waals surface area contributed by atoms with Gasteiger partial charge in [-0.05, 0) is 74.9 Å². The van der Waals surface area contributed by atoms with Gasteiger partial charge in [0.2, 0.25) is 0 Å². The number of hydrogen-bond donors (Lipinski definition) is 2. The molecule has 1 aromatic heterocycles. The first-order chi connectivity index (χ1) is 15.4. The molecule has 0 unspecified atom stereocenters. The number of amides is 2. The third-order valence-electron chi connectivity index (χ3n) is 5.10. The van der Waals surface area contributed by atoms with Gasteiger partial charge in [-0.15, -0.1) is 0 Å². The number of nitrogens with zero attached hydrogens (tertiary/aromatic N) is 1. The summed E-state index contributed by atoms with van der Waals surface area (Å²) in [6, 6.07) is 19.0. The van der Waals surface area contributed by atoms with Crippen LogP contribution < -0.4 is 15.4 Å². The molecule has 5 nitrogen and oxygen atoms in total. The number of anilines is 2.